The lowest BCUT2D eigenvalue weighted by atomic mass is 9.78. The molecular weight excluding hydrogens is 528 g/mol. The number of allylic oxidation sites excluding steroid dienone is 2. The standard InChI is InChI=1S/C32H42O9/c1-14(2)10-11-18-26(35)24(28(37)22(16(5)33)30(18)40-9)19(12-15(3)4)25-27(36)20-13-21(32(7,8)39)41-31(20)23(17(6)34)29(25)38/h10,15,19,21,35-39H,11-13H2,1-9H3. The van der Waals surface area contributed by atoms with Gasteiger partial charge in [-0.2, -0.15) is 0 Å². The Labute approximate surface area is 241 Å². The summed E-state index contributed by atoms with van der Waals surface area (Å²) in [6.07, 6.45) is 1.48. The number of phenolic OH excluding ortho intramolecular Hbond substituents is 4. The third-order valence-electron chi connectivity index (χ3n) is 7.53. The van der Waals surface area contributed by atoms with Crippen molar-refractivity contribution in [2.45, 2.75) is 92.3 Å². The molecule has 2 aromatic rings. The number of carbonyl (C=O) groups is 2. The number of hydrogen-bond acceptors (Lipinski definition) is 9. The number of Topliss-reactive ketones (excluding diaryl/α,β-unsaturated/α-hetero) is 2. The van der Waals surface area contributed by atoms with E-state index in [9.17, 15) is 35.1 Å². The smallest absolute Gasteiger partial charge is 0.167 e. The molecule has 0 bridgehead atoms. The van der Waals surface area contributed by atoms with Crippen LogP contribution in [-0.4, -0.2) is 55.9 Å². The SMILES string of the molecule is COc1c(CC=C(C)C)c(O)c(C(CC(C)C)c2c(O)c3c(c(C(C)=O)c2O)OC(C(C)(C)O)C3)c(O)c1C(C)=O. The van der Waals surface area contributed by atoms with E-state index in [-0.39, 0.29) is 81.6 Å². The van der Waals surface area contributed by atoms with Gasteiger partial charge in [0.1, 0.15) is 51.7 Å². The van der Waals surface area contributed by atoms with Crippen LogP contribution in [0.3, 0.4) is 0 Å². The quantitative estimate of drug-likeness (QED) is 0.179. The first-order chi connectivity index (χ1) is 18.9. The summed E-state index contributed by atoms with van der Waals surface area (Å²) in [5.74, 6) is -3.95. The lowest BCUT2D eigenvalue weighted by molar-refractivity contribution is -0.0232. The molecule has 0 saturated heterocycles. The minimum Gasteiger partial charge on any atom is -0.507 e. The summed E-state index contributed by atoms with van der Waals surface area (Å²) in [7, 11) is 1.34. The molecule has 0 saturated carbocycles. The predicted molar refractivity (Wildman–Crippen MR) is 155 cm³/mol. The van der Waals surface area contributed by atoms with Crippen molar-refractivity contribution in [3.63, 3.8) is 0 Å². The largest absolute Gasteiger partial charge is 0.507 e. The fourth-order valence-electron chi connectivity index (χ4n) is 5.52. The third-order valence-corrected chi connectivity index (χ3v) is 7.53. The molecule has 2 aromatic carbocycles. The summed E-state index contributed by atoms with van der Waals surface area (Å²) in [5.41, 5.74) is -0.340. The molecule has 41 heavy (non-hydrogen) atoms. The molecule has 1 heterocycles. The van der Waals surface area contributed by atoms with Crippen molar-refractivity contribution in [3.05, 3.63) is 45.0 Å². The molecule has 1 aliphatic rings. The highest BCUT2D eigenvalue weighted by atomic mass is 16.5. The van der Waals surface area contributed by atoms with Gasteiger partial charge in [0.05, 0.1) is 12.7 Å². The number of ether oxygens (including phenoxy) is 2. The van der Waals surface area contributed by atoms with E-state index in [2.05, 4.69) is 0 Å². The molecule has 0 fully saturated rings. The number of aromatic hydroxyl groups is 4. The molecular formula is C32H42O9. The molecule has 3 rings (SSSR count). The van der Waals surface area contributed by atoms with Crippen molar-refractivity contribution >= 4 is 11.6 Å². The van der Waals surface area contributed by atoms with Crippen LogP contribution in [0.4, 0.5) is 0 Å². The minimum atomic E-state index is -1.32. The zero-order chi connectivity index (χ0) is 31.1. The van der Waals surface area contributed by atoms with E-state index in [1.165, 1.54) is 21.0 Å². The average molecular weight is 571 g/mol. The van der Waals surface area contributed by atoms with Crippen LogP contribution in [0.2, 0.25) is 0 Å². The van der Waals surface area contributed by atoms with Crippen molar-refractivity contribution in [2.75, 3.05) is 7.11 Å². The van der Waals surface area contributed by atoms with Gasteiger partial charge >= 0.3 is 0 Å². The Morgan fingerprint density at radius 2 is 1.49 bits per heavy atom. The van der Waals surface area contributed by atoms with Crippen LogP contribution in [0.15, 0.2) is 11.6 Å². The molecule has 1 aliphatic heterocycles. The van der Waals surface area contributed by atoms with Crippen LogP contribution >= 0.6 is 0 Å². The van der Waals surface area contributed by atoms with Gasteiger partial charge in [-0.1, -0.05) is 25.5 Å². The summed E-state index contributed by atoms with van der Waals surface area (Å²) in [5, 5.41) is 57.0. The van der Waals surface area contributed by atoms with E-state index >= 15 is 0 Å². The van der Waals surface area contributed by atoms with E-state index in [1.54, 1.807) is 13.8 Å². The topological polar surface area (TPSA) is 154 Å². The number of methoxy groups -OCH3 is 1. The lowest BCUT2D eigenvalue weighted by Crippen LogP contribution is -2.39. The van der Waals surface area contributed by atoms with E-state index in [4.69, 9.17) is 9.47 Å². The second-order valence-electron chi connectivity index (χ2n) is 12.0. The second kappa shape index (κ2) is 11.6. The number of carbonyl (C=O) groups excluding carboxylic acids is 2. The van der Waals surface area contributed by atoms with Crippen LogP contribution < -0.4 is 9.47 Å². The van der Waals surface area contributed by atoms with Crippen LogP contribution in [-0.2, 0) is 12.8 Å². The van der Waals surface area contributed by atoms with Gasteiger partial charge in [0.15, 0.2) is 11.6 Å². The maximum Gasteiger partial charge on any atom is 0.167 e. The van der Waals surface area contributed by atoms with Gasteiger partial charge in [-0.3, -0.25) is 9.59 Å². The highest BCUT2D eigenvalue weighted by Gasteiger charge is 2.43. The third kappa shape index (κ3) is 5.86. The monoisotopic (exact) mass is 570 g/mol. The fourth-order valence-corrected chi connectivity index (χ4v) is 5.52. The molecule has 5 N–H and O–H groups in total. The Balaban J connectivity index is 2.49. The fraction of sp³-hybridized carbons (Fsp3) is 0.500. The van der Waals surface area contributed by atoms with Gasteiger partial charge in [-0.05, 0) is 60.3 Å². The summed E-state index contributed by atoms with van der Waals surface area (Å²) in [4.78, 5) is 25.7. The van der Waals surface area contributed by atoms with Gasteiger partial charge in [0.2, 0.25) is 0 Å². The Kier molecular flexibility index (Phi) is 9.03. The van der Waals surface area contributed by atoms with Gasteiger partial charge in [-0.25, -0.2) is 0 Å². The highest BCUT2D eigenvalue weighted by Crippen LogP contribution is 2.56. The van der Waals surface area contributed by atoms with E-state index in [0.29, 0.717) is 0 Å². The maximum atomic E-state index is 12.8. The van der Waals surface area contributed by atoms with Crippen molar-refractivity contribution < 1.29 is 44.6 Å². The van der Waals surface area contributed by atoms with Gasteiger partial charge in [0, 0.05) is 34.6 Å². The molecule has 2 atom stereocenters. The molecule has 0 radical (unpaired) electrons. The van der Waals surface area contributed by atoms with Crippen molar-refractivity contribution in [1.29, 1.82) is 0 Å². The molecule has 9 heteroatoms. The van der Waals surface area contributed by atoms with E-state index in [1.807, 2.05) is 33.8 Å². The number of fused-ring (bicyclic) bond motifs is 1. The normalized spacial score (nSPS) is 15.3. The van der Waals surface area contributed by atoms with Gasteiger partial charge < -0.3 is 35.0 Å². The lowest BCUT2D eigenvalue weighted by Gasteiger charge is -2.28. The maximum absolute atomic E-state index is 12.8. The highest BCUT2D eigenvalue weighted by molar-refractivity contribution is 6.02. The number of aliphatic hydroxyl groups is 1. The summed E-state index contributed by atoms with van der Waals surface area (Å²) in [6.45, 7) is 13.1. The van der Waals surface area contributed by atoms with Crippen LogP contribution in [0, 0.1) is 5.92 Å². The number of rotatable bonds is 10. The first kappa shape index (κ1) is 31.8. The summed E-state index contributed by atoms with van der Waals surface area (Å²) in [6, 6.07) is 0. The zero-order valence-corrected chi connectivity index (χ0v) is 25.3. The van der Waals surface area contributed by atoms with Gasteiger partial charge in [0.25, 0.3) is 0 Å². The Bertz CT molecular complexity index is 1410. The molecule has 9 nitrogen and oxygen atoms in total. The molecule has 0 spiro atoms. The number of phenols is 4. The zero-order valence-electron chi connectivity index (χ0n) is 25.3. The number of hydrogen-bond donors (Lipinski definition) is 5. The molecule has 0 amide bonds. The van der Waals surface area contributed by atoms with Crippen molar-refractivity contribution in [2.24, 2.45) is 5.92 Å². The second-order valence-corrected chi connectivity index (χ2v) is 12.0. The molecule has 0 aromatic heterocycles. The van der Waals surface area contributed by atoms with Crippen LogP contribution in [0.25, 0.3) is 0 Å². The van der Waals surface area contributed by atoms with Gasteiger partial charge in [-0.15, -0.1) is 0 Å². The van der Waals surface area contributed by atoms with E-state index < -0.39 is 40.7 Å². The van der Waals surface area contributed by atoms with Crippen molar-refractivity contribution in [3.8, 4) is 34.5 Å². The van der Waals surface area contributed by atoms with Crippen LogP contribution in [0.5, 0.6) is 34.5 Å². The first-order valence-electron chi connectivity index (χ1n) is 13.7. The predicted octanol–water partition coefficient (Wildman–Crippen LogP) is 5.68. The Morgan fingerprint density at radius 3 is 1.95 bits per heavy atom. The molecule has 224 valence electrons. The van der Waals surface area contributed by atoms with Crippen LogP contribution in [0.1, 0.15) is 111 Å². The number of benzene rings is 2. The first-order valence-corrected chi connectivity index (χ1v) is 13.7. The molecule has 0 aliphatic carbocycles. The Morgan fingerprint density at radius 1 is 0.951 bits per heavy atom. The summed E-state index contributed by atoms with van der Waals surface area (Å²) >= 11 is 0. The summed E-state index contributed by atoms with van der Waals surface area (Å²) < 4.78 is 11.4. The Hall–Kier alpha value is -3.72. The average Bonchev–Trinajstić information content (AvgIpc) is 3.28. The van der Waals surface area contributed by atoms with E-state index in [0.717, 1.165) is 5.57 Å². The minimum absolute atomic E-state index is 0.0106. The molecule has 2 unspecified atom stereocenters. The van der Waals surface area contributed by atoms with Crippen molar-refractivity contribution in [1.82, 2.24) is 0 Å². The number of ketones is 2.